The zero-order chi connectivity index (χ0) is 10.5. The van der Waals surface area contributed by atoms with Crippen molar-refractivity contribution < 1.29 is 9.59 Å². The zero-order valence-electron chi connectivity index (χ0n) is 9.14. The van der Waals surface area contributed by atoms with E-state index in [0.29, 0.717) is 10.1 Å². The number of carbonyl (C=O) groups excluding carboxylic acids is 2. The van der Waals surface area contributed by atoms with E-state index in [1.54, 1.807) is 0 Å². The fourth-order valence-electron chi connectivity index (χ4n) is 0.998. The summed E-state index contributed by atoms with van der Waals surface area (Å²) < 4.78 is 0. The molecule has 0 spiro atoms. The Labute approximate surface area is 88.4 Å². The molecule has 0 aromatic carbocycles. The van der Waals surface area contributed by atoms with Crippen molar-refractivity contribution in [3.63, 3.8) is 0 Å². The van der Waals surface area contributed by atoms with Gasteiger partial charge in [0, 0.05) is 0 Å². The number of carbonyl (C=O) groups is 2. The van der Waals surface area contributed by atoms with Crippen LogP contribution in [0.2, 0.25) is 31.9 Å². The standard InChI is InChI=1S/C7H20O2Si4/c1-10-6(8)11-5-12-7(9)13(2,3)4/h5,10-12H2,1-4H3. The molecule has 0 atom stereocenters. The SMILES string of the molecule is C[SiH2]C(=O)[SiH2]C[SiH2]C(=O)[Si](C)(C)C. The van der Waals surface area contributed by atoms with Crippen molar-refractivity contribution in [2.75, 3.05) is 0 Å². The van der Waals surface area contributed by atoms with Crippen LogP contribution in [0.15, 0.2) is 0 Å². The van der Waals surface area contributed by atoms with Gasteiger partial charge in [0.05, 0.1) is 38.6 Å². The Kier molecular flexibility index (Phi) is 5.93. The zero-order valence-corrected chi connectivity index (χ0v) is 14.4. The van der Waals surface area contributed by atoms with Crippen molar-refractivity contribution >= 4 is 46.7 Å². The van der Waals surface area contributed by atoms with E-state index in [0.717, 1.165) is 5.67 Å². The van der Waals surface area contributed by atoms with Crippen LogP contribution >= 0.6 is 0 Å². The smallest absolute Gasteiger partial charge is 0.116 e. The molecular weight excluding hydrogens is 228 g/mol. The van der Waals surface area contributed by atoms with Gasteiger partial charge in [0.25, 0.3) is 0 Å². The molecule has 0 aromatic rings. The first-order chi connectivity index (χ1) is 5.88. The summed E-state index contributed by atoms with van der Waals surface area (Å²) in [5.41, 5.74) is 1.06. The molecule has 0 unspecified atom stereocenters. The molecule has 13 heavy (non-hydrogen) atoms. The molecule has 0 bridgehead atoms. The van der Waals surface area contributed by atoms with Crippen LogP contribution < -0.4 is 0 Å². The van der Waals surface area contributed by atoms with Gasteiger partial charge in [-0.1, -0.05) is 31.9 Å². The Bertz CT molecular complexity index is 197. The van der Waals surface area contributed by atoms with Crippen LogP contribution in [0.1, 0.15) is 0 Å². The minimum absolute atomic E-state index is 0.396. The predicted octanol–water partition coefficient (Wildman–Crippen LogP) is 0.0766. The van der Waals surface area contributed by atoms with Crippen molar-refractivity contribution in [1.29, 1.82) is 0 Å². The fraction of sp³-hybridized carbons (Fsp3) is 0.714. The molecule has 0 aromatic heterocycles. The van der Waals surface area contributed by atoms with Gasteiger partial charge in [-0.25, -0.2) is 0 Å². The Morgan fingerprint density at radius 1 is 1.15 bits per heavy atom. The first-order valence-corrected chi connectivity index (χ1v) is 14.0. The highest BCUT2D eigenvalue weighted by Gasteiger charge is 2.23. The monoisotopic (exact) mass is 248 g/mol. The van der Waals surface area contributed by atoms with Crippen LogP contribution in [0.3, 0.4) is 0 Å². The van der Waals surface area contributed by atoms with E-state index < -0.39 is 36.6 Å². The first-order valence-electron chi connectivity index (χ1n) is 4.93. The molecule has 76 valence electrons. The molecule has 0 N–H and O–H groups in total. The Hall–Kier alpha value is 0.208. The summed E-state index contributed by atoms with van der Waals surface area (Å²) in [5.74, 6) is 0. The van der Waals surface area contributed by atoms with Gasteiger partial charge in [0.1, 0.15) is 8.07 Å². The van der Waals surface area contributed by atoms with Crippen molar-refractivity contribution in [3.8, 4) is 0 Å². The molecule has 2 nitrogen and oxygen atoms in total. The van der Waals surface area contributed by atoms with Gasteiger partial charge < -0.3 is 9.59 Å². The second-order valence-corrected chi connectivity index (χ2v) is 17.9. The third kappa shape index (κ3) is 6.30. The minimum Gasteiger partial charge on any atom is -0.312 e. The third-order valence-electron chi connectivity index (χ3n) is 2.09. The van der Waals surface area contributed by atoms with Crippen LogP contribution in [-0.2, 0) is 0 Å². The topological polar surface area (TPSA) is 34.1 Å². The maximum absolute atomic E-state index is 11.6. The highest BCUT2D eigenvalue weighted by molar-refractivity contribution is 7.22. The van der Waals surface area contributed by atoms with E-state index in [4.69, 9.17) is 0 Å². The van der Waals surface area contributed by atoms with Gasteiger partial charge >= 0.3 is 0 Å². The summed E-state index contributed by atoms with van der Waals surface area (Å²) in [7, 11) is -2.91. The Morgan fingerprint density at radius 2 is 1.69 bits per heavy atom. The number of hydrogen-bond acceptors (Lipinski definition) is 2. The van der Waals surface area contributed by atoms with Crippen molar-refractivity contribution in [2.45, 2.75) is 31.9 Å². The summed E-state index contributed by atoms with van der Waals surface area (Å²) in [6.45, 7) is 8.39. The van der Waals surface area contributed by atoms with Crippen molar-refractivity contribution in [3.05, 3.63) is 0 Å². The Balaban J connectivity index is 3.67. The lowest BCUT2D eigenvalue weighted by molar-refractivity contribution is 0.273. The molecular formula is C7H20O2Si4. The maximum Gasteiger partial charge on any atom is 0.116 e. The van der Waals surface area contributed by atoms with Gasteiger partial charge in [-0.05, 0) is 0 Å². The van der Waals surface area contributed by atoms with E-state index in [-0.39, 0.29) is 0 Å². The van der Waals surface area contributed by atoms with E-state index in [1.165, 1.54) is 0 Å². The van der Waals surface area contributed by atoms with Gasteiger partial charge in [-0.2, -0.15) is 0 Å². The lowest BCUT2D eigenvalue weighted by Gasteiger charge is -2.12. The van der Waals surface area contributed by atoms with Crippen LogP contribution in [0.5, 0.6) is 0 Å². The van der Waals surface area contributed by atoms with E-state index in [1.807, 2.05) is 0 Å². The molecule has 6 heteroatoms. The molecule has 0 aliphatic carbocycles. The van der Waals surface area contributed by atoms with Crippen LogP contribution in [0.25, 0.3) is 0 Å². The largest absolute Gasteiger partial charge is 0.312 e. The van der Waals surface area contributed by atoms with Gasteiger partial charge in [-0.3, -0.25) is 0 Å². The quantitative estimate of drug-likeness (QED) is 0.624. The van der Waals surface area contributed by atoms with Crippen molar-refractivity contribution in [2.24, 2.45) is 0 Å². The van der Waals surface area contributed by atoms with Gasteiger partial charge in [-0.15, -0.1) is 0 Å². The molecule has 0 rings (SSSR count). The molecule has 0 saturated carbocycles. The average Bonchev–Trinajstić information content (AvgIpc) is 2.02. The minimum atomic E-state index is -1.50. The summed E-state index contributed by atoms with van der Waals surface area (Å²) in [6.07, 6.45) is 0. The van der Waals surface area contributed by atoms with Crippen LogP contribution in [0, 0.1) is 0 Å². The van der Waals surface area contributed by atoms with E-state index in [2.05, 4.69) is 26.2 Å². The Morgan fingerprint density at radius 3 is 2.08 bits per heavy atom. The molecule has 0 heterocycles. The lowest BCUT2D eigenvalue weighted by Crippen LogP contribution is -2.37. The second-order valence-electron chi connectivity index (χ2n) is 4.42. The molecule has 0 fully saturated rings. The second kappa shape index (κ2) is 5.84. The van der Waals surface area contributed by atoms with Crippen LogP contribution in [0.4, 0.5) is 9.59 Å². The maximum atomic E-state index is 11.6. The number of rotatable bonds is 6. The molecule has 0 amide bonds. The first kappa shape index (κ1) is 13.2. The molecule has 0 radical (unpaired) electrons. The molecule has 0 saturated heterocycles. The average molecular weight is 249 g/mol. The third-order valence-corrected chi connectivity index (χ3v) is 14.9. The summed E-state index contributed by atoms with van der Waals surface area (Å²) in [4.78, 5) is 22.7. The van der Waals surface area contributed by atoms with E-state index in [9.17, 15) is 9.59 Å². The van der Waals surface area contributed by atoms with E-state index >= 15 is 0 Å². The summed E-state index contributed by atoms with van der Waals surface area (Å²) >= 11 is 0. The van der Waals surface area contributed by atoms with Gasteiger partial charge in [0.2, 0.25) is 0 Å². The highest BCUT2D eigenvalue weighted by atomic mass is 28.4. The molecule has 0 aliphatic rings. The normalized spacial score (nSPS) is 14.2. The van der Waals surface area contributed by atoms with Crippen molar-refractivity contribution in [1.82, 2.24) is 0 Å². The lowest BCUT2D eigenvalue weighted by atomic mass is 11.7. The summed E-state index contributed by atoms with van der Waals surface area (Å²) in [6, 6.07) is 0. The fourth-order valence-corrected chi connectivity index (χ4v) is 12.8. The summed E-state index contributed by atoms with van der Waals surface area (Å²) in [5, 5.41) is 1.15. The van der Waals surface area contributed by atoms with Gasteiger partial charge in [0.15, 0.2) is 0 Å². The van der Waals surface area contributed by atoms with Crippen LogP contribution in [-0.4, -0.2) is 46.7 Å². The number of hydrogen-bond donors (Lipinski definition) is 0. The molecule has 0 aliphatic heterocycles. The highest BCUT2D eigenvalue weighted by Crippen LogP contribution is 2.03. The predicted molar refractivity (Wildman–Crippen MR) is 70.4 cm³/mol.